The minimum absolute atomic E-state index is 0.539. The van der Waals surface area contributed by atoms with E-state index in [1.54, 1.807) is 7.11 Å². The van der Waals surface area contributed by atoms with Gasteiger partial charge in [-0.1, -0.05) is 13.3 Å². The fourth-order valence-electron chi connectivity index (χ4n) is 1.17. The van der Waals surface area contributed by atoms with Crippen LogP contribution in [0.2, 0.25) is 0 Å². The molecule has 0 atom stereocenters. The van der Waals surface area contributed by atoms with E-state index in [1.165, 1.54) is 0 Å². The summed E-state index contributed by atoms with van der Waals surface area (Å²) in [6, 6.07) is 0. The van der Waals surface area contributed by atoms with E-state index in [-0.39, 0.29) is 0 Å². The summed E-state index contributed by atoms with van der Waals surface area (Å²) in [4.78, 5) is 5.06. The number of methoxy groups -OCH3 is 1. The van der Waals surface area contributed by atoms with E-state index in [2.05, 4.69) is 12.4 Å². The number of nitrogens with one attached hydrogen (secondary N) is 1. The van der Waals surface area contributed by atoms with Crippen LogP contribution in [0.3, 0.4) is 0 Å². The molecule has 0 aliphatic carbocycles. The molecule has 0 radical (unpaired) electrons. The molecule has 0 aromatic carbocycles. The highest BCUT2D eigenvalue weighted by molar-refractivity contribution is 4.37. The quantitative estimate of drug-likeness (QED) is 0.336. The van der Waals surface area contributed by atoms with Crippen molar-refractivity contribution in [2.24, 2.45) is 0 Å². The summed E-state index contributed by atoms with van der Waals surface area (Å²) in [6.07, 6.45) is 2.28. The van der Waals surface area contributed by atoms with E-state index >= 15 is 0 Å². The number of hydrogen-bond donors (Lipinski definition) is 1. The molecular weight excluding hydrogens is 250 g/mol. The number of hydrogen-bond acceptors (Lipinski definition) is 6. The van der Waals surface area contributed by atoms with Crippen LogP contribution in [0.1, 0.15) is 19.8 Å². The van der Waals surface area contributed by atoms with Gasteiger partial charge < -0.3 is 18.9 Å². The molecule has 0 heterocycles. The van der Waals surface area contributed by atoms with Crippen molar-refractivity contribution in [1.29, 1.82) is 0 Å². The lowest BCUT2D eigenvalue weighted by molar-refractivity contribution is -0.0157. The van der Waals surface area contributed by atoms with Crippen LogP contribution in [0, 0.1) is 0 Å². The average Bonchev–Trinajstić information content (AvgIpc) is 2.43. The molecule has 0 aliphatic heterocycles. The van der Waals surface area contributed by atoms with Gasteiger partial charge in [-0.3, -0.25) is 4.84 Å². The summed E-state index contributed by atoms with van der Waals surface area (Å²) in [5.41, 5.74) is 2.79. The van der Waals surface area contributed by atoms with Gasteiger partial charge in [-0.15, -0.1) is 0 Å². The molecule has 0 bridgehead atoms. The molecule has 19 heavy (non-hydrogen) atoms. The van der Waals surface area contributed by atoms with Gasteiger partial charge in [-0.25, -0.2) is 5.48 Å². The summed E-state index contributed by atoms with van der Waals surface area (Å²) in [6.45, 7) is 7.84. The molecule has 1 N–H and O–H groups in total. The van der Waals surface area contributed by atoms with Crippen LogP contribution in [-0.2, 0) is 23.8 Å². The highest BCUT2D eigenvalue weighted by Gasteiger charge is 1.92. The number of unbranched alkanes of at least 4 members (excludes halogenated alkanes) is 1. The van der Waals surface area contributed by atoms with Crippen LogP contribution >= 0.6 is 0 Å². The van der Waals surface area contributed by atoms with Gasteiger partial charge in [0.2, 0.25) is 0 Å². The molecule has 6 nitrogen and oxygen atoms in total. The lowest BCUT2D eigenvalue weighted by Crippen LogP contribution is -2.23. The number of ether oxygens (including phenoxy) is 4. The van der Waals surface area contributed by atoms with Crippen LogP contribution < -0.4 is 5.48 Å². The Balaban J connectivity index is 2.88. The van der Waals surface area contributed by atoms with Crippen molar-refractivity contribution >= 4 is 0 Å². The lowest BCUT2D eigenvalue weighted by Gasteiger charge is -2.07. The number of rotatable bonds is 16. The summed E-state index contributed by atoms with van der Waals surface area (Å²) in [7, 11) is 1.64. The van der Waals surface area contributed by atoms with E-state index in [1.807, 2.05) is 0 Å². The summed E-state index contributed by atoms with van der Waals surface area (Å²) in [5.74, 6) is 0. The molecular formula is C13H29NO5. The van der Waals surface area contributed by atoms with Gasteiger partial charge in [0, 0.05) is 20.3 Å². The maximum atomic E-state index is 5.36. The Kier molecular flexibility index (Phi) is 17.5. The third-order valence-corrected chi connectivity index (χ3v) is 2.23. The molecule has 0 aromatic heterocycles. The second-order valence-electron chi connectivity index (χ2n) is 3.93. The van der Waals surface area contributed by atoms with Crippen molar-refractivity contribution in [2.45, 2.75) is 19.8 Å². The van der Waals surface area contributed by atoms with Gasteiger partial charge in [0.1, 0.15) is 0 Å². The smallest absolute Gasteiger partial charge is 0.0915 e. The van der Waals surface area contributed by atoms with E-state index in [0.29, 0.717) is 52.8 Å². The topological polar surface area (TPSA) is 58.2 Å². The minimum atomic E-state index is 0.539. The van der Waals surface area contributed by atoms with Gasteiger partial charge in [-0.05, 0) is 6.42 Å². The third kappa shape index (κ3) is 17.8. The van der Waals surface area contributed by atoms with Crippen molar-refractivity contribution in [3.63, 3.8) is 0 Å². The van der Waals surface area contributed by atoms with Gasteiger partial charge >= 0.3 is 0 Å². The maximum Gasteiger partial charge on any atom is 0.0915 e. The fraction of sp³-hybridized carbons (Fsp3) is 1.00. The third-order valence-electron chi connectivity index (χ3n) is 2.23. The van der Waals surface area contributed by atoms with Crippen molar-refractivity contribution in [3.05, 3.63) is 0 Å². The van der Waals surface area contributed by atoms with Crippen LogP contribution in [0.5, 0.6) is 0 Å². The maximum absolute atomic E-state index is 5.36. The minimum Gasteiger partial charge on any atom is -0.382 e. The molecule has 0 rings (SSSR count). The predicted molar refractivity (Wildman–Crippen MR) is 73.2 cm³/mol. The molecule has 0 saturated carbocycles. The monoisotopic (exact) mass is 279 g/mol. The molecule has 0 amide bonds. The van der Waals surface area contributed by atoms with Crippen molar-refractivity contribution in [1.82, 2.24) is 5.48 Å². The zero-order valence-corrected chi connectivity index (χ0v) is 12.3. The van der Waals surface area contributed by atoms with Crippen LogP contribution in [0.4, 0.5) is 0 Å². The lowest BCUT2D eigenvalue weighted by atomic mass is 10.4. The van der Waals surface area contributed by atoms with Crippen molar-refractivity contribution < 1.29 is 23.8 Å². The molecule has 116 valence electrons. The molecule has 0 spiro atoms. The Bertz CT molecular complexity index is 144. The van der Waals surface area contributed by atoms with E-state index in [0.717, 1.165) is 19.4 Å². The van der Waals surface area contributed by atoms with Crippen molar-refractivity contribution in [2.75, 3.05) is 66.5 Å². The zero-order valence-electron chi connectivity index (χ0n) is 12.3. The summed E-state index contributed by atoms with van der Waals surface area (Å²) < 4.78 is 20.9. The highest BCUT2D eigenvalue weighted by atomic mass is 16.7. The van der Waals surface area contributed by atoms with E-state index in [9.17, 15) is 0 Å². The second-order valence-corrected chi connectivity index (χ2v) is 3.93. The standard InChI is InChI=1S/C13H29NO5/c1-3-4-6-16-9-11-18-12-10-17-7-5-14-19-13-8-15-2/h14H,3-13H2,1-2H3. The first-order valence-corrected chi connectivity index (χ1v) is 6.98. The SMILES string of the molecule is CCCCOCCOCCOCCNOCCOC. The molecule has 0 aliphatic rings. The highest BCUT2D eigenvalue weighted by Crippen LogP contribution is 1.87. The van der Waals surface area contributed by atoms with Crippen molar-refractivity contribution in [3.8, 4) is 0 Å². The van der Waals surface area contributed by atoms with E-state index in [4.69, 9.17) is 23.8 Å². The van der Waals surface area contributed by atoms with Gasteiger partial charge in [-0.2, -0.15) is 0 Å². The molecule has 0 saturated heterocycles. The Morgan fingerprint density at radius 1 is 0.737 bits per heavy atom. The van der Waals surface area contributed by atoms with Gasteiger partial charge in [0.25, 0.3) is 0 Å². The average molecular weight is 279 g/mol. The predicted octanol–water partition coefficient (Wildman–Crippen LogP) is 1.00. The fourth-order valence-corrected chi connectivity index (χ4v) is 1.17. The van der Waals surface area contributed by atoms with Crippen LogP contribution in [-0.4, -0.2) is 66.5 Å². The van der Waals surface area contributed by atoms with Crippen LogP contribution in [0.25, 0.3) is 0 Å². The Hall–Kier alpha value is -0.240. The first kappa shape index (κ1) is 18.8. The Morgan fingerprint density at radius 3 is 2.00 bits per heavy atom. The first-order valence-electron chi connectivity index (χ1n) is 6.98. The summed E-state index contributed by atoms with van der Waals surface area (Å²) in [5, 5.41) is 0. The first-order chi connectivity index (χ1) is 9.41. The Morgan fingerprint density at radius 2 is 1.37 bits per heavy atom. The Labute approximate surface area is 116 Å². The normalized spacial score (nSPS) is 11.1. The van der Waals surface area contributed by atoms with Gasteiger partial charge in [0.15, 0.2) is 0 Å². The number of hydroxylamine groups is 1. The zero-order chi connectivity index (χ0) is 14.0. The molecule has 6 heteroatoms. The van der Waals surface area contributed by atoms with E-state index < -0.39 is 0 Å². The largest absolute Gasteiger partial charge is 0.382 e. The molecule has 0 unspecified atom stereocenters. The summed E-state index contributed by atoms with van der Waals surface area (Å²) >= 11 is 0. The second kappa shape index (κ2) is 17.8. The van der Waals surface area contributed by atoms with Gasteiger partial charge in [0.05, 0.1) is 46.2 Å². The van der Waals surface area contributed by atoms with Crippen LogP contribution in [0.15, 0.2) is 0 Å². The molecule has 0 aromatic rings. The molecule has 0 fully saturated rings.